The molecular formula is C23H25FN6O3. The monoisotopic (exact) mass is 452 g/mol. The molecule has 0 spiro atoms. The van der Waals surface area contributed by atoms with E-state index in [1.165, 1.54) is 18.3 Å². The summed E-state index contributed by atoms with van der Waals surface area (Å²) in [6.45, 7) is 3.66. The van der Waals surface area contributed by atoms with Crippen LogP contribution in [0.25, 0.3) is 11.0 Å². The number of fused-ring (bicyclic) bond motifs is 2. The van der Waals surface area contributed by atoms with Crippen LogP contribution in [-0.2, 0) is 17.9 Å². The van der Waals surface area contributed by atoms with Gasteiger partial charge in [-0.3, -0.25) is 9.59 Å². The van der Waals surface area contributed by atoms with E-state index in [0.29, 0.717) is 48.3 Å². The first-order chi connectivity index (χ1) is 16.0. The zero-order valence-corrected chi connectivity index (χ0v) is 18.1. The quantitative estimate of drug-likeness (QED) is 0.585. The number of carbonyl (C=O) groups is 1. The first-order valence-corrected chi connectivity index (χ1v) is 11.1. The van der Waals surface area contributed by atoms with Gasteiger partial charge in [-0.2, -0.15) is 0 Å². The second-order valence-electron chi connectivity index (χ2n) is 8.36. The van der Waals surface area contributed by atoms with Gasteiger partial charge < -0.3 is 24.8 Å². The number of aromatic nitrogens is 3. The summed E-state index contributed by atoms with van der Waals surface area (Å²) < 4.78 is 20.6. The summed E-state index contributed by atoms with van der Waals surface area (Å²) in [5.41, 5.74) is 1.76. The molecule has 0 bridgehead atoms. The number of hydrogen-bond donors (Lipinski definition) is 2. The van der Waals surface area contributed by atoms with E-state index in [4.69, 9.17) is 4.74 Å². The largest absolute Gasteiger partial charge is 0.480 e. The fraction of sp³-hybridized carbons (Fsp3) is 0.391. The molecule has 0 saturated carbocycles. The maximum Gasteiger partial charge on any atom is 0.269 e. The summed E-state index contributed by atoms with van der Waals surface area (Å²) in [7, 11) is 0. The number of ether oxygens (including phenoxy) is 1. The highest BCUT2D eigenvalue weighted by atomic mass is 19.1. The Morgan fingerprint density at radius 2 is 2.00 bits per heavy atom. The molecular weight excluding hydrogens is 427 g/mol. The number of benzene rings is 1. The number of hydrogen-bond acceptors (Lipinski definition) is 7. The number of nitrogens with one attached hydrogen (secondary N) is 2. The van der Waals surface area contributed by atoms with E-state index in [0.717, 1.165) is 31.6 Å². The molecule has 1 aromatic carbocycles. The topological polar surface area (TPSA) is 101 Å². The van der Waals surface area contributed by atoms with Crippen LogP contribution < -0.4 is 20.9 Å². The summed E-state index contributed by atoms with van der Waals surface area (Å²) in [6.07, 6.45) is 3.25. The van der Waals surface area contributed by atoms with Crippen molar-refractivity contribution >= 4 is 22.8 Å². The highest BCUT2D eigenvalue weighted by molar-refractivity contribution is 5.94. The number of pyridine rings is 1. The summed E-state index contributed by atoms with van der Waals surface area (Å²) in [5.74, 6) is 0.494. The molecule has 0 radical (unpaired) electrons. The van der Waals surface area contributed by atoms with E-state index >= 15 is 0 Å². The van der Waals surface area contributed by atoms with Gasteiger partial charge >= 0.3 is 0 Å². The number of nitrogens with zero attached hydrogens (tertiary/aromatic N) is 4. The zero-order valence-electron chi connectivity index (χ0n) is 18.1. The van der Waals surface area contributed by atoms with Gasteiger partial charge in [0, 0.05) is 25.7 Å². The Morgan fingerprint density at radius 3 is 2.85 bits per heavy atom. The molecule has 0 atom stereocenters. The second-order valence-corrected chi connectivity index (χ2v) is 8.36. The number of likely N-dealkylation sites (tertiary alicyclic amines) is 1. The molecule has 2 aliphatic heterocycles. The van der Waals surface area contributed by atoms with E-state index in [-0.39, 0.29) is 23.9 Å². The molecule has 2 N–H and O–H groups in total. The molecule has 172 valence electrons. The number of anilines is 1. The molecule has 3 aromatic rings. The Hall–Kier alpha value is -3.37. The lowest BCUT2D eigenvalue weighted by molar-refractivity contribution is -0.118. The van der Waals surface area contributed by atoms with Crippen LogP contribution in [0.3, 0.4) is 0 Å². The summed E-state index contributed by atoms with van der Waals surface area (Å²) in [4.78, 5) is 34.7. The minimum absolute atomic E-state index is 0.0216. The van der Waals surface area contributed by atoms with E-state index in [2.05, 4.69) is 25.5 Å². The van der Waals surface area contributed by atoms with Crippen LogP contribution in [0.15, 0.2) is 41.3 Å². The number of halogens is 1. The van der Waals surface area contributed by atoms with E-state index in [9.17, 15) is 14.0 Å². The van der Waals surface area contributed by atoms with Crippen LogP contribution in [0.4, 0.5) is 10.2 Å². The third-order valence-electron chi connectivity index (χ3n) is 6.14. The molecule has 2 aliphatic rings. The maximum absolute atomic E-state index is 13.7. The molecule has 4 heterocycles. The van der Waals surface area contributed by atoms with E-state index in [1.54, 1.807) is 10.6 Å². The fourth-order valence-corrected chi connectivity index (χ4v) is 4.32. The summed E-state index contributed by atoms with van der Waals surface area (Å²) in [5, 5.41) is 6.27. The molecule has 1 amide bonds. The Balaban J connectivity index is 1.13. The van der Waals surface area contributed by atoms with Gasteiger partial charge in [-0.25, -0.2) is 14.4 Å². The number of piperidine rings is 1. The SMILES string of the molecule is O=C1COc2ccc(CNC3CCN(CCn4c(=O)cnc5ccc(F)cc54)CC3)nc2N1. The Bertz CT molecular complexity index is 1240. The van der Waals surface area contributed by atoms with Crippen LogP contribution in [-0.4, -0.2) is 57.6 Å². The normalized spacial score (nSPS) is 16.9. The fourth-order valence-electron chi connectivity index (χ4n) is 4.32. The van der Waals surface area contributed by atoms with E-state index in [1.807, 2.05) is 12.1 Å². The van der Waals surface area contributed by atoms with Gasteiger partial charge in [0.1, 0.15) is 5.82 Å². The van der Waals surface area contributed by atoms with Crippen LogP contribution in [0.5, 0.6) is 5.75 Å². The Labute approximate surface area is 189 Å². The van der Waals surface area contributed by atoms with Crippen LogP contribution in [0.1, 0.15) is 18.5 Å². The minimum atomic E-state index is -0.376. The smallest absolute Gasteiger partial charge is 0.269 e. The van der Waals surface area contributed by atoms with Gasteiger partial charge in [-0.1, -0.05) is 0 Å². The second kappa shape index (κ2) is 9.24. The lowest BCUT2D eigenvalue weighted by Crippen LogP contribution is -2.43. The molecule has 1 fully saturated rings. The van der Waals surface area contributed by atoms with Gasteiger partial charge in [-0.05, 0) is 56.3 Å². The van der Waals surface area contributed by atoms with Crippen molar-refractivity contribution in [3.8, 4) is 5.75 Å². The van der Waals surface area contributed by atoms with Crippen molar-refractivity contribution in [3.63, 3.8) is 0 Å². The van der Waals surface area contributed by atoms with Crippen molar-refractivity contribution in [2.45, 2.75) is 32.0 Å². The molecule has 33 heavy (non-hydrogen) atoms. The lowest BCUT2D eigenvalue weighted by atomic mass is 10.0. The van der Waals surface area contributed by atoms with Crippen molar-refractivity contribution < 1.29 is 13.9 Å². The summed E-state index contributed by atoms with van der Waals surface area (Å²) in [6, 6.07) is 8.41. The highest BCUT2D eigenvalue weighted by Crippen LogP contribution is 2.25. The van der Waals surface area contributed by atoms with Gasteiger partial charge in [0.15, 0.2) is 18.2 Å². The number of carbonyl (C=O) groups excluding carboxylic acids is 1. The van der Waals surface area contributed by atoms with Crippen molar-refractivity contribution in [2.75, 3.05) is 31.6 Å². The first-order valence-electron chi connectivity index (χ1n) is 11.1. The van der Waals surface area contributed by atoms with Gasteiger partial charge in [0.2, 0.25) is 0 Å². The lowest BCUT2D eigenvalue weighted by Gasteiger charge is -2.32. The average molecular weight is 452 g/mol. The Morgan fingerprint density at radius 1 is 1.15 bits per heavy atom. The summed E-state index contributed by atoms with van der Waals surface area (Å²) >= 11 is 0. The van der Waals surface area contributed by atoms with Crippen molar-refractivity contribution in [3.05, 3.63) is 58.4 Å². The van der Waals surface area contributed by atoms with Crippen molar-refractivity contribution in [1.29, 1.82) is 0 Å². The van der Waals surface area contributed by atoms with Gasteiger partial charge in [0.05, 0.1) is 22.9 Å². The maximum atomic E-state index is 13.7. The predicted molar refractivity (Wildman–Crippen MR) is 121 cm³/mol. The molecule has 2 aromatic heterocycles. The van der Waals surface area contributed by atoms with Crippen LogP contribution in [0, 0.1) is 5.82 Å². The first kappa shape index (κ1) is 21.5. The number of amides is 1. The molecule has 0 aliphatic carbocycles. The molecule has 1 saturated heterocycles. The van der Waals surface area contributed by atoms with E-state index < -0.39 is 0 Å². The standard InChI is InChI=1S/C23H25FN6O3/c24-15-1-3-18-19(11-15)30(22(32)13-26-18)10-9-29-7-5-16(6-8-29)25-12-17-2-4-20-23(27-17)28-21(31)14-33-20/h1-4,11,13,16,25H,5-10,12,14H2,(H,27,28,31). The van der Waals surface area contributed by atoms with Crippen LogP contribution in [0.2, 0.25) is 0 Å². The number of rotatable bonds is 6. The minimum Gasteiger partial charge on any atom is -0.480 e. The Kier molecular flexibility index (Phi) is 6.01. The molecule has 9 nitrogen and oxygen atoms in total. The van der Waals surface area contributed by atoms with Crippen molar-refractivity contribution in [1.82, 2.24) is 24.8 Å². The third-order valence-corrected chi connectivity index (χ3v) is 6.14. The van der Waals surface area contributed by atoms with Gasteiger partial charge in [-0.15, -0.1) is 0 Å². The molecule has 5 rings (SSSR count). The molecule has 10 heteroatoms. The predicted octanol–water partition coefficient (Wildman–Crippen LogP) is 1.52. The van der Waals surface area contributed by atoms with Crippen LogP contribution >= 0.6 is 0 Å². The average Bonchev–Trinajstić information content (AvgIpc) is 2.82. The zero-order chi connectivity index (χ0) is 22.8. The molecule has 0 unspecified atom stereocenters. The van der Waals surface area contributed by atoms with Gasteiger partial charge in [0.25, 0.3) is 11.5 Å². The van der Waals surface area contributed by atoms with Crippen molar-refractivity contribution in [2.24, 2.45) is 0 Å². The third kappa shape index (κ3) is 4.86. The highest BCUT2D eigenvalue weighted by Gasteiger charge is 2.21.